The number of aliphatic hydroxyl groups excluding tert-OH is 1. The van der Waals surface area contributed by atoms with Crippen molar-refractivity contribution in [2.45, 2.75) is 56.5 Å². The average molecular weight is 537 g/mol. The minimum absolute atomic E-state index is 0.0207. The van der Waals surface area contributed by atoms with Gasteiger partial charge in [0.05, 0.1) is 12.1 Å². The zero-order chi connectivity index (χ0) is 27.7. The molecule has 4 amide bonds. The van der Waals surface area contributed by atoms with E-state index in [9.17, 15) is 34.2 Å². The Labute approximate surface area is 218 Å². The van der Waals surface area contributed by atoms with Gasteiger partial charge in [0, 0.05) is 35.7 Å². The standard InChI is InChI=1S/C23H32N6O7S/c1-11(30)19(23(35)36)29-21(33)16(6-7-18(25)31)27-22(34)17(28-20(32)14(24)10-37)8-12-9-26-15-5-3-2-4-13(12)15/h2-5,9,11,14,16-17,19,26,30,37H,6-8,10,24H2,1H3,(H2,25,31)(H,27,34)(H,28,32)(H,29,33)(H,35,36). The summed E-state index contributed by atoms with van der Waals surface area (Å²) in [6, 6.07) is 2.09. The summed E-state index contributed by atoms with van der Waals surface area (Å²) in [5.41, 5.74) is 12.5. The van der Waals surface area contributed by atoms with Crippen molar-refractivity contribution in [3.05, 3.63) is 36.0 Å². The van der Waals surface area contributed by atoms with Crippen LogP contribution in [0.3, 0.4) is 0 Å². The second-order valence-corrected chi connectivity index (χ2v) is 8.91. The molecule has 0 spiro atoms. The maximum absolute atomic E-state index is 13.3. The molecule has 0 saturated carbocycles. The van der Waals surface area contributed by atoms with Gasteiger partial charge in [0.15, 0.2) is 6.04 Å². The van der Waals surface area contributed by atoms with E-state index >= 15 is 0 Å². The van der Waals surface area contributed by atoms with E-state index in [-0.39, 0.29) is 25.0 Å². The molecule has 0 saturated heterocycles. The predicted octanol–water partition coefficient (Wildman–Crippen LogP) is -1.85. The van der Waals surface area contributed by atoms with Gasteiger partial charge in [-0.25, -0.2) is 4.79 Å². The summed E-state index contributed by atoms with van der Waals surface area (Å²) in [6.07, 6.45) is -0.271. The molecule has 1 aromatic heterocycles. The van der Waals surface area contributed by atoms with Gasteiger partial charge in [-0.15, -0.1) is 0 Å². The van der Waals surface area contributed by atoms with Gasteiger partial charge in [-0.3, -0.25) is 19.2 Å². The number of amides is 4. The van der Waals surface area contributed by atoms with E-state index in [0.29, 0.717) is 5.56 Å². The third-order valence-electron chi connectivity index (χ3n) is 5.62. The Morgan fingerprint density at radius 3 is 2.24 bits per heavy atom. The molecule has 10 N–H and O–H groups in total. The molecule has 37 heavy (non-hydrogen) atoms. The largest absolute Gasteiger partial charge is 0.480 e. The third-order valence-corrected chi connectivity index (χ3v) is 6.02. The van der Waals surface area contributed by atoms with Gasteiger partial charge in [0.2, 0.25) is 23.6 Å². The smallest absolute Gasteiger partial charge is 0.328 e. The molecule has 0 radical (unpaired) electrons. The Bertz CT molecular complexity index is 1140. The van der Waals surface area contributed by atoms with E-state index in [1.165, 1.54) is 6.92 Å². The average Bonchev–Trinajstić information content (AvgIpc) is 3.25. The number of aromatic amines is 1. The van der Waals surface area contributed by atoms with Crippen molar-refractivity contribution >= 4 is 53.1 Å². The number of primary amides is 1. The highest BCUT2D eigenvalue weighted by atomic mass is 32.1. The number of benzene rings is 1. The topological polar surface area (TPSA) is 230 Å². The van der Waals surface area contributed by atoms with Crippen LogP contribution in [0.5, 0.6) is 0 Å². The number of H-pyrrole nitrogens is 1. The van der Waals surface area contributed by atoms with E-state index in [2.05, 4.69) is 33.6 Å². The lowest BCUT2D eigenvalue weighted by Gasteiger charge is -2.25. The molecule has 1 aromatic carbocycles. The van der Waals surface area contributed by atoms with Crippen LogP contribution in [0.15, 0.2) is 30.5 Å². The van der Waals surface area contributed by atoms with Crippen molar-refractivity contribution in [3.8, 4) is 0 Å². The van der Waals surface area contributed by atoms with E-state index in [0.717, 1.165) is 10.9 Å². The normalized spacial score (nSPS) is 15.1. The number of nitrogens with two attached hydrogens (primary N) is 2. The number of aliphatic carboxylic acids is 1. The number of carboxylic acids is 1. The molecule has 5 atom stereocenters. The first-order valence-electron chi connectivity index (χ1n) is 11.5. The van der Waals surface area contributed by atoms with Gasteiger partial charge in [-0.2, -0.15) is 12.6 Å². The molecule has 13 nitrogen and oxygen atoms in total. The van der Waals surface area contributed by atoms with Crippen LogP contribution in [-0.2, 0) is 30.4 Å². The number of hydrogen-bond acceptors (Lipinski definition) is 8. The van der Waals surface area contributed by atoms with Crippen molar-refractivity contribution in [2.24, 2.45) is 11.5 Å². The predicted molar refractivity (Wildman–Crippen MR) is 137 cm³/mol. The van der Waals surface area contributed by atoms with Gasteiger partial charge in [-0.05, 0) is 25.0 Å². The number of fused-ring (bicyclic) bond motifs is 1. The molecular formula is C23H32N6O7S. The minimum Gasteiger partial charge on any atom is -0.480 e. The molecule has 14 heteroatoms. The Kier molecular flexibility index (Phi) is 10.9. The number of carbonyl (C=O) groups excluding carboxylic acids is 4. The molecule has 1 heterocycles. The maximum Gasteiger partial charge on any atom is 0.328 e. The Morgan fingerprint density at radius 2 is 1.65 bits per heavy atom. The van der Waals surface area contributed by atoms with Crippen LogP contribution >= 0.6 is 12.6 Å². The summed E-state index contributed by atoms with van der Waals surface area (Å²) in [4.78, 5) is 64.4. The highest BCUT2D eigenvalue weighted by molar-refractivity contribution is 7.80. The first-order chi connectivity index (χ1) is 17.4. The quantitative estimate of drug-likeness (QED) is 0.124. The van der Waals surface area contributed by atoms with Crippen molar-refractivity contribution < 1.29 is 34.2 Å². The van der Waals surface area contributed by atoms with E-state index in [4.69, 9.17) is 11.5 Å². The van der Waals surface area contributed by atoms with Crippen molar-refractivity contribution in [1.29, 1.82) is 0 Å². The second-order valence-electron chi connectivity index (χ2n) is 8.55. The van der Waals surface area contributed by atoms with Gasteiger partial charge in [0.25, 0.3) is 0 Å². The summed E-state index contributed by atoms with van der Waals surface area (Å²) in [6.45, 7) is 1.17. The Hall–Kier alpha value is -3.62. The number of para-hydroxylation sites is 1. The van der Waals surface area contributed by atoms with Crippen LogP contribution in [-0.4, -0.2) is 80.8 Å². The zero-order valence-electron chi connectivity index (χ0n) is 20.1. The van der Waals surface area contributed by atoms with Crippen molar-refractivity contribution in [1.82, 2.24) is 20.9 Å². The van der Waals surface area contributed by atoms with Crippen LogP contribution in [0, 0.1) is 0 Å². The van der Waals surface area contributed by atoms with Gasteiger partial charge in [-0.1, -0.05) is 18.2 Å². The SMILES string of the molecule is CC(O)C(NC(=O)C(CCC(N)=O)NC(=O)C(Cc1c[nH]c2ccccc12)NC(=O)C(N)CS)C(=O)O. The van der Waals surface area contributed by atoms with E-state index in [1.54, 1.807) is 6.20 Å². The summed E-state index contributed by atoms with van der Waals surface area (Å²) < 4.78 is 0. The summed E-state index contributed by atoms with van der Waals surface area (Å²) in [5, 5.41) is 26.9. The second kappa shape index (κ2) is 13.6. The van der Waals surface area contributed by atoms with Crippen LogP contribution in [0.4, 0.5) is 0 Å². The van der Waals surface area contributed by atoms with Crippen LogP contribution in [0.25, 0.3) is 10.9 Å². The third kappa shape index (κ3) is 8.48. The molecule has 2 aromatic rings. The number of aromatic nitrogens is 1. The molecule has 0 aliphatic heterocycles. The number of hydrogen-bond donors (Lipinski definition) is 9. The summed E-state index contributed by atoms with van der Waals surface area (Å²) in [7, 11) is 0. The fraction of sp³-hybridized carbons (Fsp3) is 0.435. The fourth-order valence-electron chi connectivity index (χ4n) is 3.56. The summed E-state index contributed by atoms with van der Waals surface area (Å²) >= 11 is 4.00. The molecule has 2 rings (SSSR count). The van der Waals surface area contributed by atoms with E-state index < -0.39 is 59.9 Å². The minimum atomic E-state index is -1.66. The maximum atomic E-state index is 13.3. The number of carboxylic acid groups (broad SMARTS) is 1. The molecule has 0 bridgehead atoms. The molecule has 0 aliphatic rings. The highest BCUT2D eigenvalue weighted by Crippen LogP contribution is 2.19. The van der Waals surface area contributed by atoms with Crippen LogP contribution in [0.2, 0.25) is 0 Å². The van der Waals surface area contributed by atoms with Gasteiger partial charge < -0.3 is 42.6 Å². The number of aliphatic hydroxyl groups is 1. The molecule has 0 aliphatic carbocycles. The lowest BCUT2D eigenvalue weighted by molar-refractivity contribution is -0.145. The number of nitrogens with one attached hydrogen (secondary N) is 4. The Morgan fingerprint density at radius 1 is 1.03 bits per heavy atom. The molecule has 5 unspecified atom stereocenters. The number of carbonyl (C=O) groups is 5. The van der Waals surface area contributed by atoms with Crippen LogP contribution < -0.4 is 27.4 Å². The van der Waals surface area contributed by atoms with E-state index in [1.807, 2.05) is 24.3 Å². The molecule has 202 valence electrons. The first kappa shape index (κ1) is 29.6. The number of rotatable bonds is 14. The van der Waals surface area contributed by atoms with Crippen molar-refractivity contribution in [3.63, 3.8) is 0 Å². The Balaban J connectivity index is 2.31. The molecule has 0 fully saturated rings. The monoisotopic (exact) mass is 536 g/mol. The van der Waals surface area contributed by atoms with Crippen molar-refractivity contribution in [2.75, 3.05) is 5.75 Å². The highest BCUT2D eigenvalue weighted by Gasteiger charge is 2.32. The fourth-order valence-corrected chi connectivity index (χ4v) is 3.73. The lowest BCUT2D eigenvalue weighted by atomic mass is 10.0. The zero-order valence-corrected chi connectivity index (χ0v) is 21.0. The van der Waals surface area contributed by atoms with Gasteiger partial charge in [0.1, 0.15) is 12.1 Å². The first-order valence-corrected chi connectivity index (χ1v) is 12.1. The summed E-state index contributed by atoms with van der Waals surface area (Å²) in [5.74, 6) is -4.60. The van der Waals surface area contributed by atoms with Crippen LogP contribution in [0.1, 0.15) is 25.3 Å². The van der Waals surface area contributed by atoms with Gasteiger partial charge >= 0.3 is 5.97 Å². The number of thiol groups is 1. The lowest BCUT2D eigenvalue weighted by Crippen LogP contribution is -2.58. The molecular weight excluding hydrogens is 504 g/mol.